The highest BCUT2D eigenvalue weighted by atomic mass is 127. The Morgan fingerprint density at radius 2 is 1.64 bits per heavy atom. The third-order valence-electron chi connectivity index (χ3n) is 5.13. The molecule has 1 amide bonds. The van der Waals surface area contributed by atoms with Gasteiger partial charge in [-0.15, -0.1) is 24.0 Å². The van der Waals surface area contributed by atoms with E-state index in [2.05, 4.69) is 41.6 Å². The molecule has 1 heterocycles. The summed E-state index contributed by atoms with van der Waals surface area (Å²) in [7, 11) is 0. The molecule has 1 aliphatic heterocycles. The molecule has 0 radical (unpaired) electrons. The Kier molecular flexibility index (Phi) is 15.9. The first-order chi connectivity index (χ1) is 13.0. The summed E-state index contributed by atoms with van der Waals surface area (Å²) < 4.78 is 5.53. The van der Waals surface area contributed by atoms with Crippen molar-refractivity contribution in [3.05, 3.63) is 0 Å². The van der Waals surface area contributed by atoms with Crippen LogP contribution in [0, 0.1) is 11.8 Å². The molecular formula is C20H42IN5O2. The molecule has 1 fully saturated rings. The van der Waals surface area contributed by atoms with Crippen LogP contribution in [0.3, 0.4) is 0 Å². The SMILES string of the molecule is CCNC(=NCC(C(CC)CC)N1CCOCC1)NCCNC(=O)C(C)C.I. The molecule has 8 heteroatoms. The summed E-state index contributed by atoms with van der Waals surface area (Å²) in [5, 5.41) is 9.57. The van der Waals surface area contributed by atoms with Crippen LogP contribution < -0.4 is 16.0 Å². The van der Waals surface area contributed by atoms with Gasteiger partial charge in [0.15, 0.2) is 5.96 Å². The zero-order valence-electron chi connectivity index (χ0n) is 18.4. The van der Waals surface area contributed by atoms with Crippen LogP contribution in [-0.2, 0) is 9.53 Å². The number of ether oxygens (including phenoxy) is 1. The van der Waals surface area contributed by atoms with Crippen LogP contribution in [0.2, 0.25) is 0 Å². The molecule has 28 heavy (non-hydrogen) atoms. The second kappa shape index (κ2) is 16.2. The predicted octanol–water partition coefficient (Wildman–Crippen LogP) is 2.07. The molecular weight excluding hydrogens is 469 g/mol. The predicted molar refractivity (Wildman–Crippen MR) is 127 cm³/mol. The molecule has 0 saturated carbocycles. The average molecular weight is 511 g/mol. The molecule has 0 spiro atoms. The molecule has 0 aromatic rings. The fraction of sp³-hybridized carbons (Fsp3) is 0.900. The fourth-order valence-electron chi connectivity index (χ4n) is 3.40. The largest absolute Gasteiger partial charge is 0.379 e. The normalized spacial score (nSPS) is 16.6. The Labute approximate surface area is 188 Å². The van der Waals surface area contributed by atoms with Crippen molar-refractivity contribution < 1.29 is 9.53 Å². The van der Waals surface area contributed by atoms with Gasteiger partial charge in [-0.2, -0.15) is 0 Å². The number of aliphatic imine (C=N–C) groups is 1. The maximum absolute atomic E-state index is 11.6. The van der Waals surface area contributed by atoms with Crippen LogP contribution in [0.15, 0.2) is 4.99 Å². The van der Waals surface area contributed by atoms with Crippen molar-refractivity contribution in [3.63, 3.8) is 0 Å². The van der Waals surface area contributed by atoms with Gasteiger partial charge in [-0.25, -0.2) is 0 Å². The molecule has 3 N–H and O–H groups in total. The molecule has 1 aliphatic rings. The zero-order valence-corrected chi connectivity index (χ0v) is 20.8. The number of halogens is 1. The van der Waals surface area contributed by atoms with Crippen LogP contribution >= 0.6 is 24.0 Å². The lowest BCUT2D eigenvalue weighted by Crippen LogP contribution is -2.49. The summed E-state index contributed by atoms with van der Waals surface area (Å²) in [5.41, 5.74) is 0. The summed E-state index contributed by atoms with van der Waals surface area (Å²) in [6.07, 6.45) is 2.33. The lowest BCUT2D eigenvalue weighted by molar-refractivity contribution is -0.123. The second-order valence-electron chi connectivity index (χ2n) is 7.38. The first kappa shape index (κ1) is 27.4. The number of amides is 1. The lowest BCUT2D eigenvalue weighted by Gasteiger charge is -2.38. The first-order valence-electron chi connectivity index (χ1n) is 10.6. The Bertz CT molecular complexity index is 438. The van der Waals surface area contributed by atoms with Gasteiger partial charge >= 0.3 is 0 Å². The summed E-state index contributed by atoms with van der Waals surface area (Å²) in [6, 6.07) is 0.444. The van der Waals surface area contributed by atoms with Gasteiger partial charge in [-0.05, 0) is 12.8 Å². The van der Waals surface area contributed by atoms with Crippen molar-refractivity contribution >= 4 is 35.8 Å². The average Bonchev–Trinajstić information content (AvgIpc) is 2.68. The van der Waals surface area contributed by atoms with Gasteiger partial charge in [-0.1, -0.05) is 40.5 Å². The molecule has 7 nitrogen and oxygen atoms in total. The topological polar surface area (TPSA) is 78.0 Å². The number of rotatable bonds is 11. The van der Waals surface area contributed by atoms with E-state index in [-0.39, 0.29) is 35.8 Å². The number of guanidine groups is 1. The maximum atomic E-state index is 11.6. The van der Waals surface area contributed by atoms with E-state index in [4.69, 9.17) is 9.73 Å². The van der Waals surface area contributed by atoms with E-state index in [1.165, 1.54) is 12.8 Å². The van der Waals surface area contributed by atoms with E-state index in [0.29, 0.717) is 25.0 Å². The second-order valence-corrected chi connectivity index (χ2v) is 7.38. The molecule has 1 unspecified atom stereocenters. The molecule has 0 aromatic heterocycles. The van der Waals surface area contributed by atoms with Gasteiger partial charge in [0.25, 0.3) is 0 Å². The van der Waals surface area contributed by atoms with E-state index in [1.807, 2.05) is 13.8 Å². The highest BCUT2D eigenvalue weighted by Crippen LogP contribution is 2.20. The van der Waals surface area contributed by atoms with Crippen LogP contribution in [-0.4, -0.2) is 75.3 Å². The number of morpholine rings is 1. The number of hydrogen-bond donors (Lipinski definition) is 3. The van der Waals surface area contributed by atoms with Crippen molar-refractivity contribution in [1.29, 1.82) is 0 Å². The van der Waals surface area contributed by atoms with E-state index in [1.54, 1.807) is 0 Å². The van der Waals surface area contributed by atoms with Gasteiger partial charge in [0.05, 0.1) is 19.8 Å². The highest BCUT2D eigenvalue weighted by Gasteiger charge is 2.26. The molecule has 1 rings (SSSR count). The molecule has 166 valence electrons. The van der Waals surface area contributed by atoms with Crippen LogP contribution in [0.1, 0.15) is 47.5 Å². The number of carbonyl (C=O) groups excluding carboxylic acids is 1. The summed E-state index contributed by atoms with van der Waals surface area (Å²) >= 11 is 0. The van der Waals surface area contributed by atoms with Gasteiger partial charge in [0.1, 0.15) is 0 Å². The van der Waals surface area contributed by atoms with Gasteiger partial charge in [0.2, 0.25) is 5.91 Å². The third kappa shape index (κ3) is 10.2. The number of hydrogen-bond acceptors (Lipinski definition) is 4. The summed E-state index contributed by atoms with van der Waals surface area (Å²) in [5.74, 6) is 1.56. The Balaban J connectivity index is 0.00000729. The smallest absolute Gasteiger partial charge is 0.222 e. The molecule has 1 atom stereocenters. The summed E-state index contributed by atoms with van der Waals surface area (Å²) in [6.45, 7) is 16.9. The van der Waals surface area contributed by atoms with Gasteiger partial charge < -0.3 is 20.7 Å². The van der Waals surface area contributed by atoms with E-state index >= 15 is 0 Å². The minimum atomic E-state index is 0. The first-order valence-corrected chi connectivity index (χ1v) is 10.6. The van der Waals surface area contributed by atoms with Gasteiger partial charge in [0, 0.05) is 44.7 Å². The van der Waals surface area contributed by atoms with Crippen molar-refractivity contribution in [2.24, 2.45) is 16.8 Å². The van der Waals surface area contributed by atoms with Crippen molar-refractivity contribution in [2.45, 2.75) is 53.5 Å². The molecule has 1 saturated heterocycles. The minimum Gasteiger partial charge on any atom is -0.379 e. The molecule has 0 aliphatic carbocycles. The highest BCUT2D eigenvalue weighted by molar-refractivity contribution is 14.0. The summed E-state index contributed by atoms with van der Waals surface area (Å²) in [4.78, 5) is 19.0. The Morgan fingerprint density at radius 1 is 1.04 bits per heavy atom. The Hall–Kier alpha value is -0.610. The lowest BCUT2D eigenvalue weighted by atomic mass is 9.92. The minimum absolute atomic E-state index is 0. The van der Waals surface area contributed by atoms with E-state index < -0.39 is 0 Å². The van der Waals surface area contributed by atoms with Crippen LogP contribution in [0.5, 0.6) is 0 Å². The molecule has 0 aromatic carbocycles. The van der Waals surface area contributed by atoms with E-state index in [0.717, 1.165) is 45.4 Å². The number of nitrogens with one attached hydrogen (secondary N) is 3. The fourth-order valence-corrected chi connectivity index (χ4v) is 3.40. The quantitative estimate of drug-likeness (QED) is 0.171. The van der Waals surface area contributed by atoms with E-state index in [9.17, 15) is 4.79 Å². The zero-order chi connectivity index (χ0) is 20.1. The third-order valence-corrected chi connectivity index (χ3v) is 5.13. The van der Waals surface area contributed by atoms with Crippen molar-refractivity contribution in [3.8, 4) is 0 Å². The van der Waals surface area contributed by atoms with Crippen LogP contribution in [0.25, 0.3) is 0 Å². The maximum Gasteiger partial charge on any atom is 0.222 e. The monoisotopic (exact) mass is 511 g/mol. The molecule has 0 bridgehead atoms. The Morgan fingerprint density at radius 3 is 2.18 bits per heavy atom. The van der Waals surface area contributed by atoms with Crippen molar-refractivity contribution in [1.82, 2.24) is 20.9 Å². The van der Waals surface area contributed by atoms with Crippen molar-refractivity contribution in [2.75, 3.05) is 52.5 Å². The van der Waals surface area contributed by atoms with Crippen LogP contribution in [0.4, 0.5) is 0 Å². The van der Waals surface area contributed by atoms with Gasteiger partial charge in [-0.3, -0.25) is 14.7 Å². The number of nitrogens with zero attached hydrogens (tertiary/aromatic N) is 2. The standard InChI is InChI=1S/C20H41N5O2.HI/c1-6-17(7-2)18(25-11-13-27-14-12-25)15-24-20(21-8-3)23-10-9-22-19(26)16(4)5;/h16-18H,6-15H2,1-5H3,(H,22,26)(H2,21,23,24);1H. The number of carbonyl (C=O) groups is 1.